The lowest BCUT2D eigenvalue weighted by atomic mass is 10.3. The summed E-state index contributed by atoms with van der Waals surface area (Å²) in [7, 11) is 0. The minimum atomic E-state index is -0.500. The number of nitrogens with one attached hydrogen (secondary N) is 1. The highest BCUT2D eigenvalue weighted by molar-refractivity contribution is 6.31. The van der Waals surface area contributed by atoms with E-state index in [0.717, 1.165) is 5.69 Å². The molecule has 1 amide bonds. The summed E-state index contributed by atoms with van der Waals surface area (Å²) in [5.41, 5.74) is 1.81. The van der Waals surface area contributed by atoms with Crippen LogP contribution in [0.4, 0.5) is 0 Å². The van der Waals surface area contributed by atoms with Gasteiger partial charge in [-0.15, -0.1) is 0 Å². The number of oxazole rings is 1. The second-order valence-electron chi connectivity index (χ2n) is 4.98. The van der Waals surface area contributed by atoms with Gasteiger partial charge in [-0.3, -0.25) is 14.3 Å². The molecule has 118 valence electrons. The van der Waals surface area contributed by atoms with Gasteiger partial charge in [0.25, 0.3) is 0 Å². The maximum atomic E-state index is 11.9. The third-order valence-electron chi connectivity index (χ3n) is 3.39. The Labute approximate surface area is 136 Å². The SMILES string of the molecule is O=C(CCn1c(=O)oc2cc(Cl)ccc21)NCc1ccccn1. The first kappa shape index (κ1) is 15.3. The molecule has 0 unspecified atom stereocenters. The second-order valence-corrected chi connectivity index (χ2v) is 5.42. The first-order valence-corrected chi connectivity index (χ1v) is 7.47. The van der Waals surface area contributed by atoms with Crippen molar-refractivity contribution in [2.75, 3.05) is 0 Å². The van der Waals surface area contributed by atoms with Gasteiger partial charge in [0.2, 0.25) is 5.91 Å². The fraction of sp³-hybridized carbons (Fsp3) is 0.188. The normalized spacial score (nSPS) is 10.8. The van der Waals surface area contributed by atoms with Crippen molar-refractivity contribution in [2.45, 2.75) is 19.5 Å². The topological polar surface area (TPSA) is 77.1 Å². The molecule has 3 aromatic rings. The van der Waals surface area contributed by atoms with Crippen LogP contribution in [0.25, 0.3) is 11.1 Å². The Morgan fingerprint density at radius 1 is 1.30 bits per heavy atom. The quantitative estimate of drug-likeness (QED) is 0.778. The molecule has 2 aromatic heterocycles. The summed E-state index contributed by atoms with van der Waals surface area (Å²) in [6.07, 6.45) is 1.84. The second kappa shape index (κ2) is 6.66. The first-order valence-electron chi connectivity index (χ1n) is 7.09. The molecule has 1 aromatic carbocycles. The molecular formula is C16H14ClN3O3. The highest BCUT2D eigenvalue weighted by Gasteiger charge is 2.11. The minimum absolute atomic E-state index is 0.161. The zero-order chi connectivity index (χ0) is 16.2. The third kappa shape index (κ3) is 3.60. The highest BCUT2D eigenvalue weighted by atomic mass is 35.5. The van der Waals surface area contributed by atoms with Gasteiger partial charge in [-0.25, -0.2) is 4.79 Å². The standard InChI is InChI=1S/C16H14ClN3O3/c17-11-4-5-13-14(9-11)23-16(22)20(13)8-6-15(21)19-10-12-3-1-2-7-18-12/h1-5,7,9H,6,8,10H2,(H,19,21). The van der Waals surface area contributed by atoms with Crippen molar-refractivity contribution in [1.82, 2.24) is 14.9 Å². The van der Waals surface area contributed by atoms with Crippen molar-refractivity contribution < 1.29 is 9.21 Å². The van der Waals surface area contributed by atoms with E-state index in [1.165, 1.54) is 4.57 Å². The fourth-order valence-corrected chi connectivity index (χ4v) is 2.41. The maximum absolute atomic E-state index is 11.9. The lowest BCUT2D eigenvalue weighted by Gasteiger charge is -2.05. The molecule has 0 radical (unpaired) electrons. The molecule has 0 aliphatic carbocycles. The maximum Gasteiger partial charge on any atom is 0.419 e. The monoisotopic (exact) mass is 331 g/mol. The summed E-state index contributed by atoms with van der Waals surface area (Å²) in [6.45, 7) is 0.595. The summed E-state index contributed by atoms with van der Waals surface area (Å²) in [5.74, 6) is -0.661. The average Bonchev–Trinajstić information content (AvgIpc) is 2.86. The first-order chi connectivity index (χ1) is 11.1. The molecule has 0 aliphatic rings. The molecule has 7 heteroatoms. The lowest BCUT2D eigenvalue weighted by molar-refractivity contribution is -0.121. The van der Waals surface area contributed by atoms with Gasteiger partial charge < -0.3 is 9.73 Å². The van der Waals surface area contributed by atoms with Gasteiger partial charge in [0.1, 0.15) is 0 Å². The molecule has 0 atom stereocenters. The Morgan fingerprint density at radius 3 is 2.96 bits per heavy atom. The van der Waals surface area contributed by atoms with Crippen LogP contribution in [0.2, 0.25) is 5.02 Å². The number of pyridine rings is 1. The largest absolute Gasteiger partial charge is 0.419 e. The van der Waals surface area contributed by atoms with Crippen molar-refractivity contribution >= 4 is 28.6 Å². The summed E-state index contributed by atoms with van der Waals surface area (Å²) in [6, 6.07) is 10.5. The van der Waals surface area contributed by atoms with Crippen molar-refractivity contribution in [2.24, 2.45) is 0 Å². The molecule has 0 bridgehead atoms. The number of hydrogen-bond acceptors (Lipinski definition) is 4. The van der Waals surface area contributed by atoms with E-state index in [2.05, 4.69) is 10.3 Å². The lowest BCUT2D eigenvalue weighted by Crippen LogP contribution is -2.26. The van der Waals surface area contributed by atoms with E-state index in [9.17, 15) is 9.59 Å². The Bertz CT molecular complexity index is 886. The number of halogens is 1. The van der Waals surface area contributed by atoms with Crippen LogP contribution in [0.15, 0.2) is 51.8 Å². The highest BCUT2D eigenvalue weighted by Crippen LogP contribution is 2.18. The van der Waals surface area contributed by atoms with Gasteiger partial charge >= 0.3 is 5.76 Å². The van der Waals surface area contributed by atoms with E-state index in [-0.39, 0.29) is 18.9 Å². The van der Waals surface area contributed by atoms with Gasteiger partial charge in [0.15, 0.2) is 5.58 Å². The van der Waals surface area contributed by atoms with Gasteiger partial charge in [0, 0.05) is 30.3 Å². The molecule has 3 rings (SSSR count). The minimum Gasteiger partial charge on any atom is -0.408 e. The molecule has 0 aliphatic heterocycles. The van der Waals surface area contributed by atoms with Crippen molar-refractivity contribution in [3.8, 4) is 0 Å². The summed E-state index contributed by atoms with van der Waals surface area (Å²) in [4.78, 5) is 27.9. The van der Waals surface area contributed by atoms with Gasteiger partial charge in [-0.1, -0.05) is 17.7 Å². The van der Waals surface area contributed by atoms with Crippen LogP contribution in [0, 0.1) is 0 Å². The molecule has 1 N–H and O–H groups in total. The van der Waals surface area contributed by atoms with Crippen molar-refractivity contribution in [1.29, 1.82) is 0 Å². The number of amides is 1. The molecule has 0 saturated carbocycles. The molecule has 6 nitrogen and oxygen atoms in total. The van der Waals surface area contributed by atoms with Crippen LogP contribution in [-0.4, -0.2) is 15.5 Å². The van der Waals surface area contributed by atoms with E-state index in [4.69, 9.17) is 16.0 Å². The number of benzene rings is 1. The number of carbonyl (C=O) groups excluding carboxylic acids is 1. The number of rotatable bonds is 5. The van der Waals surface area contributed by atoms with Crippen LogP contribution in [-0.2, 0) is 17.9 Å². The molecule has 23 heavy (non-hydrogen) atoms. The average molecular weight is 332 g/mol. The Hall–Kier alpha value is -2.60. The number of aryl methyl sites for hydroxylation is 1. The third-order valence-corrected chi connectivity index (χ3v) is 3.62. The molecule has 0 fully saturated rings. The number of hydrogen-bond donors (Lipinski definition) is 1. The van der Waals surface area contributed by atoms with E-state index < -0.39 is 5.76 Å². The number of aromatic nitrogens is 2. The van der Waals surface area contributed by atoms with Crippen LogP contribution in [0.5, 0.6) is 0 Å². The van der Waals surface area contributed by atoms with E-state index >= 15 is 0 Å². The van der Waals surface area contributed by atoms with E-state index in [0.29, 0.717) is 22.7 Å². The number of nitrogens with zero attached hydrogens (tertiary/aromatic N) is 2. The predicted molar refractivity (Wildman–Crippen MR) is 86.2 cm³/mol. The van der Waals surface area contributed by atoms with E-state index in [1.807, 2.05) is 18.2 Å². The van der Waals surface area contributed by atoms with Crippen LogP contribution in [0.1, 0.15) is 12.1 Å². The van der Waals surface area contributed by atoms with Gasteiger partial charge in [-0.2, -0.15) is 0 Å². The molecule has 0 saturated heterocycles. The summed E-state index contributed by atoms with van der Waals surface area (Å²) in [5, 5.41) is 3.26. The summed E-state index contributed by atoms with van der Waals surface area (Å²) < 4.78 is 6.55. The molecular weight excluding hydrogens is 318 g/mol. The van der Waals surface area contributed by atoms with E-state index in [1.54, 1.807) is 24.4 Å². The zero-order valence-corrected chi connectivity index (χ0v) is 12.9. The number of fused-ring (bicyclic) bond motifs is 1. The van der Waals surface area contributed by atoms with Crippen LogP contribution in [0.3, 0.4) is 0 Å². The zero-order valence-electron chi connectivity index (χ0n) is 12.2. The predicted octanol–water partition coefficient (Wildman–Crippen LogP) is 2.35. The van der Waals surface area contributed by atoms with Gasteiger partial charge in [-0.05, 0) is 24.3 Å². The fourth-order valence-electron chi connectivity index (χ4n) is 2.25. The van der Waals surface area contributed by atoms with Crippen molar-refractivity contribution in [3.05, 3.63) is 63.9 Å². The smallest absolute Gasteiger partial charge is 0.408 e. The van der Waals surface area contributed by atoms with Crippen LogP contribution >= 0.6 is 11.6 Å². The molecule has 0 spiro atoms. The Morgan fingerprint density at radius 2 is 2.17 bits per heavy atom. The Balaban J connectivity index is 1.63. The van der Waals surface area contributed by atoms with Crippen LogP contribution < -0.4 is 11.1 Å². The van der Waals surface area contributed by atoms with Crippen molar-refractivity contribution in [3.63, 3.8) is 0 Å². The molecule has 2 heterocycles. The number of carbonyl (C=O) groups is 1. The van der Waals surface area contributed by atoms with Gasteiger partial charge in [0.05, 0.1) is 17.8 Å². The Kier molecular flexibility index (Phi) is 4.43. The summed E-state index contributed by atoms with van der Waals surface area (Å²) >= 11 is 5.87.